The normalized spacial score (nSPS) is 16.1. The summed E-state index contributed by atoms with van der Waals surface area (Å²) in [5.41, 5.74) is 13.3. The van der Waals surface area contributed by atoms with Crippen molar-refractivity contribution in [3.8, 4) is 23.3 Å². The minimum absolute atomic E-state index is 0.00473. The molecule has 1 aliphatic rings. The van der Waals surface area contributed by atoms with Crippen LogP contribution in [0.1, 0.15) is 41.1 Å². The highest BCUT2D eigenvalue weighted by molar-refractivity contribution is 7.92. The molecule has 0 bridgehead atoms. The molecule has 0 amide bonds. The van der Waals surface area contributed by atoms with Crippen LogP contribution in [0.2, 0.25) is 0 Å². The Morgan fingerprint density at radius 3 is 2.17 bits per heavy atom. The summed E-state index contributed by atoms with van der Waals surface area (Å²) in [5, 5.41) is 9.72. The van der Waals surface area contributed by atoms with E-state index in [1.807, 2.05) is 13.0 Å². The molecule has 3 aromatic rings. The Morgan fingerprint density at radius 2 is 1.68 bits per heavy atom. The van der Waals surface area contributed by atoms with Crippen molar-refractivity contribution in [2.24, 2.45) is 0 Å². The number of esters is 1. The number of ether oxygens (including phenoxy) is 4. The predicted molar refractivity (Wildman–Crippen MR) is 147 cm³/mol. The molecular weight excluding hydrogens is 538 g/mol. The Hall–Kier alpha value is -4.70. The lowest BCUT2D eigenvalue weighted by Gasteiger charge is -2.29. The monoisotopic (exact) mass is 567 g/mol. The number of hydrogen-bond acceptors (Lipinski definition) is 11. The number of pyridine rings is 1. The summed E-state index contributed by atoms with van der Waals surface area (Å²) >= 11 is 0. The first kappa shape index (κ1) is 28.3. The van der Waals surface area contributed by atoms with Crippen LogP contribution in [-0.2, 0) is 19.6 Å². The van der Waals surface area contributed by atoms with Gasteiger partial charge in [0.25, 0.3) is 10.0 Å². The second-order valence-electron chi connectivity index (χ2n) is 8.88. The third-order valence-electron chi connectivity index (χ3n) is 6.63. The van der Waals surface area contributed by atoms with Gasteiger partial charge in [0, 0.05) is 5.56 Å². The summed E-state index contributed by atoms with van der Waals surface area (Å²) in [7, 11) is -0.150. The summed E-state index contributed by atoms with van der Waals surface area (Å²) in [5.74, 6) is -1.85. The maximum atomic E-state index is 14.3. The third kappa shape index (κ3) is 4.46. The van der Waals surface area contributed by atoms with Crippen molar-refractivity contribution in [1.29, 1.82) is 5.26 Å². The summed E-state index contributed by atoms with van der Waals surface area (Å²) < 4.78 is 51.5. The third-order valence-corrected chi connectivity index (χ3v) is 8.42. The van der Waals surface area contributed by atoms with Crippen LogP contribution in [0.15, 0.2) is 41.3 Å². The molecule has 0 radical (unpaired) electrons. The molecule has 0 saturated carbocycles. The van der Waals surface area contributed by atoms with E-state index >= 15 is 0 Å². The molecule has 1 aromatic heterocycles. The number of aryl methyl sites for hydroxylation is 1. The zero-order chi connectivity index (χ0) is 29.4. The molecule has 2 atom stereocenters. The largest absolute Gasteiger partial charge is 0.493 e. The summed E-state index contributed by atoms with van der Waals surface area (Å²) in [6, 6.07) is 9.88. The molecule has 4 rings (SSSR count). The summed E-state index contributed by atoms with van der Waals surface area (Å²) in [4.78, 5) is 17.8. The van der Waals surface area contributed by atoms with Crippen LogP contribution in [0.4, 0.5) is 17.3 Å². The van der Waals surface area contributed by atoms with Gasteiger partial charge >= 0.3 is 5.97 Å². The van der Waals surface area contributed by atoms with E-state index in [1.165, 1.54) is 45.6 Å². The van der Waals surface area contributed by atoms with E-state index in [2.05, 4.69) is 4.98 Å². The molecule has 0 fully saturated rings. The van der Waals surface area contributed by atoms with E-state index in [4.69, 9.17) is 30.4 Å². The van der Waals surface area contributed by atoms with E-state index in [-0.39, 0.29) is 62.8 Å². The van der Waals surface area contributed by atoms with Crippen LogP contribution < -0.4 is 30.0 Å². The molecule has 0 saturated heterocycles. The number of benzene rings is 2. The van der Waals surface area contributed by atoms with Gasteiger partial charge < -0.3 is 30.4 Å². The van der Waals surface area contributed by atoms with Gasteiger partial charge in [0.2, 0.25) is 5.75 Å². The number of fused-ring (bicyclic) bond motifs is 1. The molecule has 12 nitrogen and oxygen atoms in total. The Kier molecular flexibility index (Phi) is 7.66. The number of sulfonamides is 1. The van der Waals surface area contributed by atoms with Gasteiger partial charge in [-0.3, -0.25) is 4.79 Å². The average Bonchev–Trinajstić information content (AvgIpc) is 3.28. The fourth-order valence-corrected chi connectivity index (χ4v) is 6.42. The highest BCUT2D eigenvalue weighted by Gasteiger charge is 2.53. The number of nitriles is 1. The minimum atomic E-state index is -4.40. The van der Waals surface area contributed by atoms with Crippen LogP contribution in [0.3, 0.4) is 0 Å². The number of hydrogen-bond donors (Lipinski definition) is 2. The smallest absolute Gasteiger partial charge is 0.316 e. The molecule has 0 aliphatic carbocycles. The SMILES string of the molecule is CCOC(=O)C1c2c(nc(N)c(C#N)c2N)N(S(=O)(=O)c2ccc(C)cc2)C1c1cc(OC)c(OC)c(OC)c1. The minimum Gasteiger partial charge on any atom is -0.493 e. The maximum Gasteiger partial charge on any atom is 0.316 e. The number of aromatic nitrogens is 1. The molecule has 2 aromatic carbocycles. The standard InChI is InChI=1S/C27H29N5O7S/c1-6-39-27(33)21-20-22(29)17(13-28)25(30)31-26(20)32(40(34,35)16-9-7-14(2)8-10-16)23(21)15-11-18(36-3)24(38-5)19(12-15)37-4/h7-12,21,23H,6H2,1-5H3,(H4,29,30,31). The highest BCUT2D eigenvalue weighted by Crippen LogP contribution is 2.56. The molecule has 2 heterocycles. The molecule has 210 valence electrons. The first-order valence-corrected chi connectivity index (χ1v) is 13.6. The van der Waals surface area contributed by atoms with Crippen molar-refractivity contribution in [2.45, 2.75) is 30.7 Å². The van der Waals surface area contributed by atoms with Crippen LogP contribution >= 0.6 is 0 Å². The van der Waals surface area contributed by atoms with Crippen molar-refractivity contribution >= 4 is 33.3 Å². The van der Waals surface area contributed by atoms with Gasteiger partial charge in [0.05, 0.1) is 44.6 Å². The number of nitrogens with zero attached hydrogens (tertiary/aromatic N) is 3. The van der Waals surface area contributed by atoms with Gasteiger partial charge in [-0.05, 0) is 43.7 Å². The zero-order valence-electron chi connectivity index (χ0n) is 22.6. The molecule has 1 aliphatic heterocycles. The molecule has 13 heteroatoms. The molecular formula is C27H29N5O7S. The van der Waals surface area contributed by atoms with Crippen LogP contribution in [0.25, 0.3) is 0 Å². The topological polar surface area (TPSA) is 180 Å². The van der Waals surface area contributed by atoms with Gasteiger partial charge in [0.15, 0.2) is 17.3 Å². The first-order chi connectivity index (χ1) is 19.0. The molecule has 2 unspecified atom stereocenters. The Bertz CT molecular complexity index is 1590. The maximum absolute atomic E-state index is 14.3. The predicted octanol–water partition coefficient (Wildman–Crippen LogP) is 3.05. The van der Waals surface area contributed by atoms with Gasteiger partial charge in [-0.2, -0.15) is 5.26 Å². The fraction of sp³-hybridized carbons (Fsp3) is 0.296. The van der Waals surface area contributed by atoms with Crippen LogP contribution in [0, 0.1) is 18.3 Å². The number of carbonyl (C=O) groups is 1. The van der Waals surface area contributed by atoms with Gasteiger partial charge in [-0.15, -0.1) is 0 Å². The van der Waals surface area contributed by atoms with Gasteiger partial charge in [0.1, 0.15) is 23.4 Å². The lowest BCUT2D eigenvalue weighted by atomic mass is 9.89. The average molecular weight is 568 g/mol. The second kappa shape index (κ2) is 10.8. The first-order valence-electron chi connectivity index (χ1n) is 12.1. The van der Waals surface area contributed by atoms with E-state index in [9.17, 15) is 18.5 Å². The van der Waals surface area contributed by atoms with Crippen molar-refractivity contribution in [1.82, 2.24) is 4.98 Å². The molecule has 4 N–H and O–H groups in total. The summed E-state index contributed by atoms with van der Waals surface area (Å²) in [6.07, 6.45) is 0. The fourth-order valence-electron chi connectivity index (χ4n) is 4.81. The zero-order valence-corrected chi connectivity index (χ0v) is 23.4. The number of nitrogens with two attached hydrogens (primary N) is 2. The van der Waals surface area contributed by atoms with Crippen LogP contribution in [0.5, 0.6) is 17.2 Å². The molecule has 40 heavy (non-hydrogen) atoms. The molecule has 0 spiro atoms. The lowest BCUT2D eigenvalue weighted by Crippen LogP contribution is -2.36. The van der Waals surface area contributed by atoms with E-state index in [0.29, 0.717) is 0 Å². The number of nitrogen functional groups attached to an aromatic ring is 2. The van der Waals surface area contributed by atoms with Crippen molar-refractivity contribution < 1.29 is 32.2 Å². The van der Waals surface area contributed by atoms with Gasteiger partial charge in [-0.1, -0.05) is 17.7 Å². The Labute approximate surface area is 232 Å². The Morgan fingerprint density at radius 1 is 1.07 bits per heavy atom. The number of rotatable bonds is 8. The Balaban J connectivity index is 2.13. The van der Waals surface area contributed by atoms with Crippen molar-refractivity contribution in [3.05, 3.63) is 58.7 Å². The number of methoxy groups -OCH3 is 3. The van der Waals surface area contributed by atoms with E-state index in [0.717, 1.165) is 9.87 Å². The highest BCUT2D eigenvalue weighted by atomic mass is 32.2. The number of carbonyl (C=O) groups excluding carboxylic acids is 1. The van der Waals surface area contributed by atoms with E-state index < -0.39 is 28.0 Å². The quantitative estimate of drug-likeness (QED) is 0.382. The number of anilines is 3. The lowest BCUT2D eigenvalue weighted by molar-refractivity contribution is -0.145. The van der Waals surface area contributed by atoms with Crippen LogP contribution in [-0.4, -0.2) is 47.3 Å². The van der Waals surface area contributed by atoms with Gasteiger partial charge in [-0.25, -0.2) is 17.7 Å². The summed E-state index contributed by atoms with van der Waals surface area (Å²) in [6.45, 7) is 3.45. The van der Waals surface area contributed by atoms with E-state index in [1.54, 1.807) is 19.1 Å². The van der Waals surface area contributed by atoms with Crippen molar-refractivity contribution in [3.63, 3.8) is 0 Å². The second-order valence-corrected chi connectivity index (χ2v) is 10.7. The van der Waals surface area contributed by atoms with Crippen molar-refractivity contribution in [2.75, 3.05) is 43.7 Å².